The van der Waals surface area contributed by atoms with Gasteiger partial charge in [0.2, 0.25) is 11.0 Å². The Balaban J connectivity index is 1.44. The van der Waals surface area contributed by atoms with Gasteiger partial charge in [0.15, 0.2) is 0 Å². The number of urea groups is 1. The fourth-order valence-electron chi connectivity index (χ4n) is 2.99. The highest BCUT2D eigenvalue weighted by atomic mass is 32.1. The number of carbonyl (C=O) groups excluding carboxylic acids is 2. The highest BCUT2D eigenvalue weighted by Crippen LogP contribution is 2.28. The van der Waals surface area contributed by atoms with Crippen LogP contribution in [-0.4, -0.2) is 66.9 Å². The summed E-state index contributed by atoms with van der Waals surface area (Å²) in [4.78, 5) is 28.3. The number of para-hydroxylation sites is 2. The molecule has 0 unspecified atom stereocenters. The number of hydrogen-bond acceptors (Lipinski definition) is 7. The summed E-state index contributed by atoms with van der Waals surface area (Å²) in [7, 11) is 1.65. The summed E-state index contributed by atoms with van der Waals surface area (Å²) in [5.41, 5.74) is 1.02. The predicted octanol–water partition coefficient (Wildman–Crippen LogP) is 2.14. The number of nitrogens with one attached hydrogen (secondary N) is 2. The lowest BCUT2D eigenvalue weighted by Gasteiger charge is -2.36. The molecule has 3 amide bonds. The van der Waals surface area contributed by atoms with Crippen LogP contribution in [0.15, 0.2) is 24.3 Å². The highest BCUT2D eigenvalue weighted by Gasteiger charge is 2.23. The van der Waals surface area contributed by atoms with Gasteiger partial charge in [-0.05, 0) is 12.1 Å². The molecule has 10 heteroatoms. The molecule has 2 aromatic rings. The fraction of sp³-hybridized carbons (Fsp3) is 0.474. The van der Waals surface area contributed by atoms with Gasteiger partial charge in [-0.15, -0.1) is 10.2 Å². The standard InChI is InChI=1S/C19H26N6O3S/c1-13(2)17-22-23-18(29-17)21-16(26)12-20-19(27)25-10-8-24(9-11-25)14-6-4-5-7-15(14)28-3/h4-7,13H,8-12H2,1-3H3,(H,20,27)(H,21,23,26). The van der Waals surface area contributed by atoms with Crippen molar-refractivity contribution in [2.45, 2.75) is 19.8 Å². The molecular formula is C19H26N6O3S. The first-order valence-corrected chi connectivity index (χ1v) is 10.3. The molecule has 1 aliphatic rings. The number of nitrogens with zero attached hydrogens (tertiary/aromatic N) is 4. The first-order valence-electron chi connectivity index (χ1n) is 9.52. The number of rotatable bonds is 6. The van der Waals surface area contributed by atoms with Crippen LogP contribution in [0, 0.1) is 0 Å². The van der Waals surface area contributed by atoms with E-state index in [2.05, 4.69) is 25.7 Å². The van der Waals surface area contributed by atoms with Crippen LogP contribution in [0.3, 0.4) is 0 Å². The number of carbonyl (C=O) groups is 2. The Bertz CT molecular complexity index is 848. The van der Waals surface area contributed by atoms with Crippen molar-refractivity contribution in [2.75, 3.05) is 50.1 Å². The van der Waals surface area contributed by atoms with Crippen LogP contribution in [-0.2, 0) is 4.79 Å². The van der Waals surface area contributed by atoms with Gasteiger partial charge in [-0.25, -0.2) is 4.79 Å². The van der Waals surface area contributed by atoms with Crippen LogP contribution in [0.1, 0.15) is 24.8 Å². The number of amides is 3. The Morgan fingerprint density at radius 1 is 1.17 bits per heavy atom. The quantitative estimate of drug-likeness (QED) is 0.746. The molecule has 0 saturated carbocycles. The third-order valence-corrected chi connectivity index (χ3v) is 5.71. The van der Waals surface area contributed by atoms with E-state index >= 15 is 0 Å². The molecule has 1 fully saturated rings. The molecular weight excluding hydrogens is 392 g/mol. The summed E-state index contributed by atoms with van der Waals surface area (Å²) in [6.45, 7) is 6.45. The van der Waals surface area contributed by atoms with E-state index in [0.29, 0.717) is 31.3 Å². The third kappa shape index (κ3) is 5.35. The monoisotopic (exact) mass is 418 g/mol. The van der Waals surface area contributed by atoms with Crippen molar-refractivity contribution in [3.8, 4) is 5.75 Å². The minimum atomic E-state index is -0.322. The Morgan fingerprint density at radius 3 is 2.55 bits per heavy atom. The molecule has 2 heterocycles. The average Bonchev–Trinajstić information content (AvgIpc) is 3.21. The summed E-state index contributed by atoms with van der Waals surface area (Å²) < 4.78 is 5.41. The highest BCUT2D eigenvalue weighted by molar-refractivity contribution is 7.15. The van der Waals surface area contributed by atoms with Gasteiger partial charge in [0.1, 0.15) is 10.8 Å². The Morgan fingerprint density at radius 2 is 1.90 bits per heavy atom. The lowest BCUT2D eigenvalue weighted by Crippen LogP contribution is -2.52. The second-order valence-electron chi connectivity index (χ2n) is 6.95. The summed E-state index contributed by atoms with van der Waals surface area (Å²) >= 11 is 1.34. The summed E-state index contributed by atoms with van der Waals surface area (Å²) in [5.74, 6) is 0.754. The maximum atomic E-state index is 12.4. The van der Waals surface area contributed by atoms with Gasteiger partial charge in [0.05, 0.1) is 19.3 Å². The van der Waals surface area contributed by atoms with Crippen LogP contribution in [0.5, 0.6) is 5.75 Å². The van der Waals surface area contributed by atoms with Gasteiger partial charge < -0.3 is 19.9 Å². The molecule has 3 rings (SSSR count). The van der Waals surface area contributed by atoms with E-state index in [4.69, 9.17) is 4.74 Å². The Hall–Kier alpha value is -2.88. The summed E-state index contributed by atoms with van der Waals surface area (Å²) in [5, 5.41) is 14.6. The van der Waals surface area contributed by atoms with Gasteiger partial charge in [0, 0.05) is 32.1 Å². The van der Waals surface area contributed by atoms with Crippen molar-refractivity contribution in [3.63, 3.8) is 0 Å². The zero-order valence-electron chi connectivity index (χ0n) is 16.8. The van der Waals surface area contributed by atoms with Crippen LogP contribution in [0.4, 0.5) is 15.6 Å². The minimum absolute atomic E-state index is 0.109. The van der Waals surface area contributed by atoms with E-state index in [-0.39, 0.29) is 24.4 Å². The number of methoxy groups -OCH3 is 1. The molecule has 0 radical (unpaired) electrons. The first-order chi connectivity index (χ1) is 14.0. The molecule has 0 bridgehead atoms. The maximum Gasteiger partial charge on any atom is 0.317 e. The van der Waals surface area contributed by atoms with Crippen molar-refractivity contribution >= 4 is 34.1 Å². The van der Waals surface area contributed by atoms with E-state index in [0.717, 1.165) is 16.4 Å². The Labute approximate surface area is 174 Å². The zero-order chi connectivity index (χ0) is 20.8. The smallest absolute Gasteiger partial charge is 0.317 e. The second-order valence-corrected chi connectivity index (χ2v) is 7.96. The molecule has 29 heavy (non-hydrogen) atoms. The van der Waals surface area contributed by atoms with E-state index < -0.39 is 0 Å². The number of aromatic nitrogens is 2. The Kier molecular flexibility index (Phi) is 6.86. The van der Waals surface area contributed by atoms with Gasteiger partial charge in [0.25, 0.3) is 0 Å². The predicted molar refractivity (Wildman–Crippen MR) is 113 cm³/mol. The molecule has 2 N–H and O–H groups in total. The first kappa shape index (κ1) is 20.8. The molecule has 1 aliphatic heterocycles. The molecule has 0 spiro atoms. The van der Waals surface area contributed by atoms with Crippen molar-refractivity contribution in [1.29, 1.82) is 0 Å². The number of ether oxygens (including phenoxy) is 1. The van der Waals surface area contributed by atoms with E-state index in [9.17, 15) is 9.59 Å². The number of benzene rings is 1. The van der Waals surface area contributed by atoms with E-state index in [1.807, 2.05) is 38.1 Å². The minimum Gasteiger partial charge on any atom is -0.495 e. The van der Waals surface area contributed by atoms with Crippen molar-refractivity contribution in [2.24, 2.45) is 0 Å². The molecule has 1 aromatic heterocycles. The van der Waals surface area contributed by atoms with E-state index in [1.165, 1.54) is 11.3 Å². The molecule has 9 nitrogen and oxygen atoms in total. The molecule has 1 saturated heterocycles. The molecule has 1 aromatic carbocycles. The van der Waals surface area contributed by atoms with Gasteiger partial charge >= 0.3 is 6.03 Å². The van der Waals surface area contributed by atoms with Crippen LogP contribution in [0.2, 0.25) is 0 Å². The SMILES string of the molecule is COc1ccccc1N1CCN(C(=O)NCC(=O)Nc2nnc(C(C)C)s2)CC1. The third-order valence-electron chi connectivity index (χ3n) is 4.57. The van der Waals surface area contributed by atoms with Gasteiger partial charge in [-0.1, -0.05) is 37.3 Å². The molecule has 0 atom stereocenters. The van der Waals surface area contributed by atoms with Gasteiger partial charge in [-0.3, -0.25) is 10.1 Å². The molecule has 156 valence electrons. The van der Waals surface area contributed by atoms with Crippen LogP contribution in [0.25, 0.3) is 0 Å². The lowest BCUT2D eigenvalue weighted by atomic mass is 10.2. The number of anilines is 2. The topological polar surface area (TPSA) is 99.7 Å². The van der Waals surface area contributed by atoms with Crippen LogP contribution < -0.4 is 20.3 Å². The second kappa shape index (κ2) is 9.55. The van der Waals surface area contributed by atoms with Crippen molar-refractivity contribution in [3.05, 3.63) is 29.3 Å². The maximum absolute atomic E-state index is 12.4. The lowest BCUT2D eigenvalue weighted by molar-refractivity contribution is -0.115. The van der Waals surface area contributed by atoms with E-state index in [1.54, 1.807) is 12.0 Å². The van der Waals surface area contributed by atoms with Crippen LogP contribution >= 0.6 is 11.3 Å². The summed E-state index contributed by atoms with van der Waals surface area (Å²) in [6, 6.07) is 7.59. The average molecular weight is 419 g/mol. The van der Waals surface area contributed by atoms with Crippen molar-refractivity contribution < 1.29 is 14.3 Å². The van der Waals surface area contributed by atoms with Crippen molar-refractivity contribution in [1.82, 2.24) is 20.4 Å². The van der Waals surface area contributed by atoms with Gasteiger partial charge in [-0.2, -0.15) is 0 Å². The largest absolute Gasteiger partial charge is 0.495 e. The zero-order valence-corrected chi connectivity index (χ0v) is 17.7. The fourth-order valence-corrected chi connectivity index (χ4v) is 3.75. The number of piperazine rings is 1. The normalized spacial score (nSPS) is 14.1. The molecule has 0 aliphatic carbocycles. The summed E-state index contributed by atoms with van der Waals surface area (Å²) in [6.07, 6.45) is 0. The number of hydrogen-bond donors (Lipinski definition) is 2.